The van der Waals surface area contributed by atoms with Gasteiger partial charge < -0.3 is 0 Å². The monoisotopic (exact) mass is 638 g/mol. The molecule has 2 aromatic heterocycles. The zero-order chi connectivity index (χ0) is 33.3. The van der Waals surface area contributed by atoms with Gasteiger partial charge in [0, 0.05) is 38.4 Å². The van der Waals surface area contributed by atoms with Crippen molar-refractivity contribution >= 4 is 21.7 Å². The number of hydrogen-bond acceptors (Lipinski definition) is 4. The topological polar surface area (TPSA) is 51.6 Å². The quantitative estimate of drug-likeness (QED) is 0.170. The highest BCUT2D eigenvalue weighted by Crippen LogP contribution is 2.39. The van der Waals surface area contributed by atoms with Crippen molar-refractivity contribution in [1.82, 2.24) is 19.9 Å². The summed E-state index contributed by atoms with van der Waals surface area (Å²) in [6.45, 7) is 0. The second kappa shape index (κ2) is 12.7. The summed E-state index contributed by atoms with van der Waals surface area (Å²) in [5.41, 5.74) is 10.3. The molecule has 0 saturated heterocycles. The minimum Gasteiger partial charge on any atom is -0.247 e. The van der Waals surface area contributed by atoms with Gasteiger partial charge in [0.15, 0.2) is 17.5 Å². The molecule has 0 aliphatic heterocycles. The molecule has 9 aromatic rings. The Balaban J connectivity index is 1.22. The first-order valence-corrected chi connectivity index (χ1v) is 16.7. The highest BCUT2D eigenvalue weighted by Gasteiger charge is 2.17. The maximum atomic E-state index is 5.15. The SMILES string of the molecule is c1ccc(-c2cccc(-c3nc(-c4ccccc4)nc(-c4cccc(-c5cccc6c(-c7ccccc7)nc7ccccc7c56)c4)n3)c2)cc1. The summed E-state index contributed by atoms with van der Waals surface area (Å²) in [5, 5.41) is 3.41. The Morgan fingerprint density at radius 1 is 0.280 bits per heavy atom. The van der Waals surface area contributed by atoms with Crippen LogP contribution in [-0.4, -0.2) is 19.9 Å². The molecule has 0 amide bonds. The Morgan fingerprint density at radius 2 is 0.740 bits per heavy atom. The van der Waals surface area contributed by atoms with Gasteiger partial charge in [-0.25, -0.2) is 19.9 Å². The van der Waals surface area contributed by atoms with Gasteiger partial charge in [0.1, 0.15) is 0 Å². The van der Waals surface area contributed by atoms with E-state index in [9.17, 15) is 0 Å². The first kappa shape index (κ1) is 29.4. The molecule has 0 saturated carbocycles. The molecule has 234 valence electrons. The molecular weight excluding hydrogens is 609 g/mol. The summed E-state index contributed by atoms with van der Waals surface area (Å²) in [6.07, 6.45) is 0. The minimum absolute atomic E-state index is 0.623. The van der Waals surface area contributed by atoms with Gasteiger partial charge in [-0.15, -0.1) is 0 Å². The van der Waals surface area contributed by atoms with E-state index in [1.54, 1.807) is 0 Å². The number of aromatic nitrogens is 4. The van der Waals surface area contributed by atoms with E-state index >= 15 is 0 Å². The number of nitrogens with zero attached hydrogens (tertiary/aromatic N) is 4. The normalized spacial score (nSPS) is 11.2. The van der Waals surface area contributed by atoms with Crippen molar-refractivity contribution in [3.05, 3.63) is 182 Å². The molecule has 0 bridgehead atoms. The number of rotatable bonds is 6. The van der Waals surface area contributed by atoms with Crippen LogP contribution in [0.1, 0.15) is 0 Å². The Morgan fingerprint density at radius 3 is 1.42 bits per heavy atom. The second-order valence-electron chi connectivity index (χ2n) is 12.3. The van der Waals surface area contributed by atoms with E-state index in [4.69, 9.17) is 19.9 Å². The Kier molecular flexibility index (Phi) is 7.45. The molecule has 0 radical (unpaired) electrons. The molecule has 0 atom stereocenters. The number of pyridine rings is 1. The highest BCUT2D eigenvalue weighted by atomic mass is 15.0. The summed E-state index contributed by atoms with van der Waals surface area (Å²) in [6, 6.07) is 62.8. The van der Waals surface area contributed by atoms with Crippen LogP contribution in [0.3, 0.4) is 0 Å². The van der Waals surface area contributed by atoms with E-state index in [1.807, 2.05) is 42.5 Å². The van der Waals surface area contributed by atoms with Crippen molar-refractivity contribution in [2.24, 2.45) is 0 Å². The van der Waals surface area contributed by atoms with Crippen LogP contribution < -0.4 is 0 Å². The number of benzene rings is 7. The lowest BCUT2D eigenvalue weighted by Gasteiger charge is -2.15. The van der Waals surface area contributed by atoms with Gasteiger partial charge in [-0.05, 0) is 40.5 Å². The maximum Gasteiger partial charge on any atom is 0.164 e. The van der Waals surface area contributed by atoms with Crippen LogP contribution in [0.5, 0.6) is 0 Å². The number of para-hydroxylation sites is 1. The fraction of sp³-hybridized carbons (Fsp3) is 0. The average molecular weight is 639 g/mol. The second-order valence-corrected chi connectivity index (χ2v) is 12.3. The molecule has 0 fully saturated rings. The van der Waals surface area contributed by atoms with Crippen molar-refractivity contribution in [2.45, 2.75) is 0 Å². The fourth-order valence-corrected chi connectivity index (χ4v) is 6.70. The molecular formula is C46H30N4. The first-order valence-electron chi connectivity index (χ1n) is 16.7. The van der Waals surface area contributed by atoms with Gasteiger partial charge in [-0.3, -0.25) is 0 Å². The average Bonchev–Trinajstić information content (AvgIpc) is 3.21. The van der Waals surface area contributed by atoms with E-state index < -0.39 is 0 Å². The molecule has 2 heterocycles. The largest absolute Gasteiger partial charge is 0.247 e. The van der Waals surface area contributed by atoms with Gasteiger partial charge in [-0.1, -0.05) is 164 Å². The third-order valence-corrected chi connectivity index (χ3v) is 9.10. The number of fused-ring (bicyclic) bond motifs is 3. The molecule has 4 nitrogen and oxygen atoms in total. The van der Waals surface area contributed by atoms with Gasteiger partial charge in [-0.2, -0.15) is 0 Å². The summed E-state index contributed by atoms with van der Waals surface area (Å²) < 4.78 is 0. The van der Waals surface area contributed by atoms with Crippen molar-refractivity contribution < 1.29 is 0 Å². The zero-order valence-electron chi connectivity index (χ0n) is 27.1. The molecule has 0 aliphatic carbocycles. The van der Waals surface area contributed by atoms with Crippen molar-refractivity contribution in [3.8, 4) is 67.7 Å². The summed E-state index contributed by atoms with van der Waals surface area (Å²) in [7, 11) is 0. The predicted octanol–water partition coefficient (Wildman–Crippen LogP) is 11.6. The Bertz CT molecular complexity index is 2640. The molecule has 4 heteroatoms. The van der Waals surface area contributed by atoms with Crippen LogP contribution >= 0.6 is 0 Å². The Hall–Kier alpha value is -6.78. The van der Waals surface area contributed by atoms with Gasteiger partial charge >= 0.3 is 0 Å². The zero-order valence-corrected chi connectivity index (χ0v) is 27.1. The van der Waals surface area contributed by atoms with Crippen LogP contribution in [-0.2, 0) is 0 Å². The minimum atomic E-state index is 0.623. The Labute approximate surface area is 290 Å². The van der Waals surface area contributed by atoms with E-state index in [0.29, 0.717) is 17.5 Å². The maximum absolute atomic E-state index is 5.15. The van der Waals surface area contributed by atoms with Crippen LogP contribution in [0.25, 0.3) is 89.4 Å². The molecule has 0 spiro atoms. The standard InChI is InChI=1S/C46H30N4/c1-4-15-31(16-5-1)34-21-12-23-36(29-34)45-48-44(33-19-8-3-9-20-33)49-46(50-45)37-24-13-22-35(30-37)38-26-14-27-40-42(38)39-25-10-11-28-41(39)47-43(40)32-17-6-2-7-18-32/h1-30H. The predicted molar refractivity (Wildman–Crippen MR) is 205 cm³/mol. The van der Waals surface area contributed by atoms with Gasteiger partial charge in [0.25, 0.3) is 0 Å². The summed E-state index contributed by atoms with van der Waals surface area (Å²) in [4.78, 5) is 20.3. The summed E-state index contributed by atoms with van der Waals surface area (Å²) >= 11 is 0. The van der Waals surface area contributed by atoms with Crippen molar-refractivity contribution in [1.29, 1.82) is 0 Å². The fourth-order valence-electron chi connectivity index (χ4n) is 6.70. The van der Waals surface area contributed by atoms with Crippen LogP contribution in [0, 0.1) is 0 Å². The molecule has 9 rings (SSSR count). The van der Waals surface area contributed by atoms with Crippen LogP contribution in [0.15, 0.2) is 182 Å². The molecule has 7 aromatic carbocycles. The van der Waals surface area contributed by atoms with Crippen molar-refractivity contribution in [3.63, 3.8) is 0 Å². The lowest BCUT2D eigenvalue weighted by molar-refractivity contribution is 1.07. The third kappa shape index (κ3) is 5.49. The third-order valence-electron chi connectivity index (χ3n) is 9.10. The van der Waals surface area contributed by atoms with Gasteiger partial charge in [0.2, 0.25) is 0 Å². The lowest BCUT2D eigenvalue weighted by atomic mass is 9.92. The summed E-state index contributed by atoms with van der Waals surface area (Å²) in [5.74, 6) is 1.89. The molecule has 50 heavy (non-hydrogen) atoms. The molecule has 0 N–H and O–H groups in total. The van der Waals surface area contributed by atoms with E-state index in [2.05, 4.69) is 140 Å². The van der Waals surface area contributed by atoms with Crippen LogP contribution in [0.2, 0.25) is 0 Å². The lowest BCUT2D eigenvalue weighted by Crippen LogP contribution is -2.00. The van der Waals surface area contributed by atoms with E-state index in [-0.39, 0.29) is 0 Å². The smallest absolute Gasteiger partial charge is 0.164 e. The van der Waals surface area contributed by atoms with Crippen LogP contribution in [0.4, 0.5) is 0 Å². The van der Waals surface area contributed by atoms with Crippen molar-refractivity contribution in [2.75, 3.05) is 0 Å². The molecule has 0 aliphatic rings. The van der Waals surface area contributed by atoms with Gasteiger partial charge in [0.05, 0.1) is 11.2 Å². The molecule has 0 unspecified atom stereocenters. The van der Waals surface area contributed by atoms with E-state index in [0.717, 1.165) is 66.5 Å². The van der Waals surface area contributed by atoms with E-state index in [1.165, 1.54) is 5.39 Å². The highest BCUT2D eigenvalue weighted by molar-refractivity contribution is 6.17. The first-order chi connectivity index (χ1) is 24.8. The number of hydrogen-bond donors (Lipinski definition) is 0.